The summed E-state index contributed by atoms with van der Waals surface area (Å²) in [5.74, 6) is 1.72. The van der Waals surface area contributed by atoms with Crippen LogP contribution in [0.4, 0.5) is 0 Å². The summed E-state index contributed by atoms with van der Waals surface area (Å²) in [6.07, 6.45) is 0.918. The van der Waals surface area contributed by atoms with E-state index in [9.17, 15) is 0 Å². The fraction of sp³-hybridized carbons (Fsp3) is 0.278. The Morgan fingerprint density at radius 3 is 2.26 bits per heavy atom. The number of hydrogen-bond acceptors (Lipinski definition) is 2. The zero-order chi connectivity index (χ0) is 15.5. The van der Waals surface area contributed by atoms with Gasteiger partial charge in [-0.3, -0.25) is 4.99 Å². The second-order valence-electron chi connectivity index (χ2n) is 4.85. The van der Waals surface area contributed by atoms with Crippen LogP contribution in [-0.4, -0.2) is 26.2 Å². The first-order valence-electron chi connectivity index (χ1n) is 7.55. The monoisotopic (exact) mass is 425 g/mol. The molecule has 0 amide bonds. The summed E-state index contributed by atoms with van der Waals surface area (Å²) in [6, 6.07) is 20.1. The van der Waals surface area contributed by atoms with E-state index in [1.165, 1.54) is 5.56 Å². The molecule has 0 radical (unpaired) electrons. The van der Waals surface area contributed by atoms with Crippen molar-refractivity contribution in [1.82, 2.24) is 10.6 Å². The maximum atomic E-state index is 5.65. The normalized spacial score (nSPS) is 10.6. The average Bonchev–Trinajstić information content (AvgIpc) is 2.59. The number of rotatable bonds is 7. The molecule has 0 saturated carbocycles. The number of aliphatic imine (C=N–C) groups is 1. The Kier molecular flexibility index (Phi) is 9.86. The van der Waals surface area contributed by atoms with Crippen LogP contribution < -0.4 is 15.4 Å². The van der Waals surface area contributed by atoms with Crippen molar-refractivity contribution >= 4 is 29.9 Å². The summed E-state index contributed by atoms with van der Waals surface area (Å²) in [4.78, 5) is 4.21. The number of benzene rings is 2. The van der Waals surface area contributed by atoms with Gasteiger partial charge in [0, 0.05) is 20.1 Å². The molecule has 0 spiro atoms. The van der Waals surface area contributed by atoms with Gasteiger partial charge in [0.1, 0.15) is 5.75 Å². The summed E-state index contributed by atoms with van der Waals surface area (Å²) in [6.45, 7) is 2.27. The second kappa shape index (κ2) is 11.8. The first-order valence-corrected chi connectivity index (χ1v) is 7.55. The highest BCUT2D eigenvalue weighted by atomic mass is 127. The van der Waals surface area contributed by atoms with Crippen LogP contribution in [0.1, 0.15) is 12.0 Å². The summed E-state index contributed by atoms with van der Waals surface area (Å²) in [5, 5.41) is 6.58. The summed E-state index contributed by atoms with van der Waals surface area (Å²) in [7, 11) is 1.78. The lowest BCUT2D eigenvalue weighted by atomic mass is 10.2. The zero-order valence-electron chi connectivity index (χ0n) is 13.4. The molecule has 2 N–H and O–H groups in total. The molecular formula is C18H24IN3O. The molecule has 0 saturated heterocycles. The van der Waals surface area contributed by atoms with Crippen molar-refractivity contribution < 1.29 is 4.74 Å². The van der Waals surface area contributed by atoms with Crippen LogP contribution in [0.2, 0.25) is 0 Å². The van der Waals surface area contributed by atoms with Crippen LogP contribution in [0.15, 0.2) is 65.7 Å². The molecule has 0 aliphatic carbocycles. The van der Waals surface area contributed by atoms with Gasteiger partial charge in [0.15, 0.2) is 5.96 Å². The van der Waals surface area contributed by atoms with Gasteiger partial charge in [0.2, 0.25) is 0 Å². The number of ether oxygens (including phenoxy) is 1. The molecule has 2 aromatic carbocycles. The third kappa shape index (κ3) is 7.88. The lowest BCUT2D eigenvalue weighted by Crippen LogP contribution is -2.37. The molecular weight excluding hydrogens is 401 g/mol. The van der Waals surface area contributed by atoms with Crippen LogP contribution in [0, 0.1) is 0 Å². The summed E-state index contributed by atoms with van der Waals surface area (Å²) >= 11 is 0. The molecule has 0 atom stereocenters. The highest BCUT2D eigenvalue weighted by Crippen LogP contribution is 2.07. The van der Waals surface area contributed by atoms with Crippen molar-refractivity contribution in [3.63, 3.8) is 0 Å². The van der Waals surface area contributed by atoms with E-state index in [2.05, 4.69) is 27.8 Å². The van der Waals surface area contributed by atoms with Gasteiger partial charge in [0.25, 0.3) is 0 Å². The maximum Gasteiger partial charge on any atom is 0.191 e. The summed E-state index contributed by atoms with van der Waals surface area (Å²) in [5.41, 5.74) is 1.23. The Hall–Kier alpha value is -1.76. The van der Waals surface area contributed by atoms with E-state index < -0.39 is 0 Å². The van der Waals surface area contributed by atoms with Gasteiger partial charge in [-0.25, -0.2) is 0 Å². The molecule has 2 rings (SSSR count). The quantitative estimate of drug-likeness (QED) is 0.309. The smallest absolute Gasteiger partial charge is 0.191 e. The van der Waals surface area contributed by atoms with E-state index in [1.54, 1.807) is 7.05 Å². The summed E-state index contributed by atoms with van der Waals surface area (Å²) < 4.78 is 5.65. The molecule has 0 bridgehead atoms. The van der Waals surface area contributed by atoms with E-state index in [-0.39, 0.29) is 24.0 Å². The van der Waals surface area contributed by atoms with Crippen LogP contribution in [0.25, 0.3) is 0 Å². The van der Waals surface area contributed by atoms with E-state index in [0.717, 1.165) is 31.2 Å². The Morgan fingerprint density at radius 2 is 1.61 bits per heavy atom. The fourth-order valence-corrected chi connectivity index (χ4v) is 1.99. The van der Waals surface area contributed by atoms with Gasteiger partial charge < -0.3 is 15.4 Å². The third-order valence-corrected chi connectivity index (χ3v) is 3.15. The lowest BCUT2D eigenvalue weighted by Gasteiger charge is -2.12. The standard InChI is InChI=1S/C18H23N3O.HI/c1-19-18(21-15-16-9-4-2-5-10-16)20-13-8-14-22-17-11-6-3-7-12-17;/h2-7,9-12H,8,13-15H2,1H3,(H2,19,20,21);1H. The van der Waals surface area contributed by atoms with Crippen LogP contribution in [-0.2, 0) is 6.54 Å². The van der Waals surface area contributed by atoms with Crippen LogP contribution >= 0.6 is 24.0 Å². The number of nitrogens with one attached hydrogen (secondary N) is 2. The van der Waals surface area contributed by atoms with Crippen molar-refractivity contribution in [3.8, 4) is 5.75 Å². The molecule has 23 heavy (non-hydrogen) atoms. The topological polar surface area (TPSA) is 45.7 Å². The van der Waals surface area contributed by atoms with Crippen molar-refractivity contribution in [2.24, 2.45) is 4.99 Å². The number of guanidine groups is 1. The zero-order valence-corrected chi connectivity index (χ0v) is 15.7. The van der Waals surface area contributed by atoms with E-state index >= 15 is 0 Å². The van der Waals surface area contributed by atoms with E-state index in [0.29, 0.717) is 6.61 Å². The molecule has 2 aromatic rings. The SMILES string of the molecule is CN=C(NCCCOc1ccccc1)NCc1ccccc1.I. The van der Waals surface area contributed by atoms with E-state index in [1.807, 2.05) is 48.5 Å². The minimum atomic E-state index is 0. The van der Waals surface area contributed by atoms with Crippen molar-refractivity contribution in [1.29, 1.82) is 0 Å². The molecule has 0 unspecified atom stereocenters. The minimum absolute atomic E-state index is 0. The van der Waals surface area contributed by atoms with Gasteiger partial charge in [-0.1, -0.05) is 48.5 Å². The number of hydrogen-bond donors (Lipinski definition) is 2. The van der Waals surface area contributed by atoms with Crippen molar-refractivity contribution in [2.45, 2.75) is 13.0 Å². The Morgan fingerprint density at radius 1 is 0.957 bits per heavy atom. The molecule has 0 aliphatic heterocycles. The molecule has 0 fully saturated rings. The Labute approximate surface area is 155 Å². The molecule has 0 heterocycles. The van der Waals surface area contributed by atoms with Crippen molar-refractivity contribution in [2.75, 3.05) is 20.2 Å². The highest BCUT2D eigenvalue weighted by molar-refractivity contribution is 14.0. The fourth-order valence-electron chi connectivity index (χ4n) is 1.99. The Balaban J connectivity index is 0.00000264. The maximum absolute atomic E-state index is 5.65. The van der Waals surface area contributed by atoms with Gasteiger partial charge in [0.05, 0.1) is 6.61 Å². The molecule has 0 aromatic heterocycles. The third-order valence-electron chi connectivity index (χ3n) is 3.15. The number of nitrogens with zero attached hydrogens (tertiary/aromatic N) is 1. The lowest BCUT2D eigenvalue weighted by molar-refractivity contribution is 0.311. The van der Waals surface area contributed by atoms with Gasteiger partial charge in [-0.2, -0.15) is 0 Å². The molecule has 5 heteroatoms. The van der Waals surface area contributed by atoms with Gasteiger partial charge in [-0.15, -0.1) is 24.0 Å². The van der Waals surface area contributed by atoms with Gasteiger partial charge >= 0.3 is 0 Å². The van der Waals surface area contributed by atoms with Crippen LogP contribution in [0.5, 0.6) is 5.75 Å². The van der Waals surface area contributed by atoms with Crippen molar-refractivity contribution in [3.05, 3.63) is 66.2 Å². The van der Waals surface area contributed by atoms with E-state index in [4.69, 9.17) is 4.74 Å². The molecule has 0 aliphatic rings. The van der Waals surface area contributed by atoms with Gasteiger partial charge in [-0.05, 0) is 24.1 Å². The molecule has 4 nitrogen and oxygen atoms in total. The predicted molar refractivity (Wildman–Crippen MR) is 107 cm³/mol. The molecule has 124 valence electrons. The highest BCUT2D eigenvalue weighted by Gasteiger charge is 1.98. The number of halogens is 1. The first kappa shape index (κ1) is 19.3. The first-order chi connectivity index (χ1) is 10.9. The average molecular weight is 425 g/mol. The largest absolute Gasteiger partial charge is 0.494 e. The Bertz CT molecular complexity index is 561. The minimum Gasteiger partial charge on any atom is -0.494 e. The predicted octanol–water partition coefficient (Wildman–Crippen LogP) is 3.44. The number of para-hydroxylation sites is 1. The second-order valence-corrected chi connectivity index (χ2v) is 4.85. The van der Waals surface area contributed by atoms with Crippen LogP contribution in [0.3, 0.4) is 0 Å².